The molecule has 0 aromatic carbocycles. The van der Waals surface area contributed by atoms with Crippen LogP contribution in [-0.4, -0.2) is 37.0 Å². The molecule has 2 rings (SSSR count). The Morgan fingerprint density at radius 2 is 2.06 bits per heavy atom. The Labute approximate surface area is 98.6 Å². The predicted octanol–water partition coefficient (Wildman–Crippen LogP) is 1.63. The van der Waals surface area contributed by atoms with Gasteiger partial charge in [-0.2, -0.15) is 0 Å². The highest BCUT2D eigenvalue weighted by molar-refractivity contribution is 5.83. The Balaban J connectivity index is 1.76. The summed E-state index contributed by atoms with van der Waals surface area (Å²) in [5.74, 6) is 1.89. The van der Waals surface area contributed by atoms with E-state index in [1.165, 1.54) is 25.7 Å². The Kier molecular flexibility index (Phi) is 3.85. The lowest BCUT2D eigenvalue weighted by atomic mass is 9.80. The molecule has 1 aliphatic carbocycles. The number of carbonyl (C=O) groups is 1. The van der Waals surface area contributed by atoms with Crippen LogP contribution in [0.1, 0.15) is 39.0 Å². The van der Waals surface area contributed by atoms with Crippen molar-refractivity contribution < 1.29 is 4.79 Å². The minimum atomic E-state index is 0.0964. The molecule has 3 heteroatoms. The van der Waals surface area contributed by atoms with Gasteiger partial charge in [-0.15, -0.1) is 0 Å². The highest BCUT2D eigenvalue weighted by atomic mass is 16.2. The molecule has 3 unspecified atom stereocenters. The van der Waals surface area contributed by atoms with Crippen molar-refractivity contribution in [2.45, 2.75) is 45.1 Å². The number of carbonyl (C=O) groups excluding carboxylic acids is 1. The van der Waals surface area contributed by atoms with Gasteiger partial charge in [0.2, 0.25) is 5.91 Å². The lowest BCUT2D eigenvalue weighted by molar-refractivity contribution is -0.128. The third-order valence-electron chi connectivity index (χ3n) is 4.34. The molecule has 92 valence electrons. The van der Waals surface area contributed by atoms with Crippen LogP contribution in [-0.2, 0) is 4.79 Å². The van der Waals surface area contributed by atoms with Crippen molar-refractivity contribution in [3.63, 3.8) is 0 Å². The minimum absolute atomic E-state index is 0.0964. The molecule has 2 aliphatic rings. The van der Waals surface area contributed by atoms with E-state index in [2.05, 4.69) is 12.2 Å². The highest BCUT2D eigenvalue weighted by Gasteiger charge is 2.30. The van der Waals surface area contributed by atoms with Crippen molar-refractivity contribution in [3.8, 4) is 0 Å². The minimum Gasteiger partial charge on any atom is -0.344 e. The van der Waals surface area contributed by atoms with Crippen molar-refractivity contribution in [2.75, 3.05) is 20.1 Å². The van der Waals surface area contributed by atoms with Crippen LogP contribution in [0.2, 0.25) is 0 Å². The molecule has 16 heavy (non-hydrogen) atoms. The molecule has 3 atom stereocenters. The summed E-state index contributed by atoms with van der Waals surface area (Å²) in [6, 6.07) is 0.0964. The quantitative estimate of drug-likeness (QED) is 0.790. The van der Waals surface area contributed by atoms with E-state index in [0.717, 1.165) is 31.3 Å². The second-order valence-corrected chi connectivity index (χ2v) is 5.53. The summed E-state index contributed by atoms with van der Waals surface area (Å²) in [6.07, 6.45) is 6.45. The summed E-state index contributed by atoms with van der Waals surface area (Å²) in [7, 11) is 1.90. The summed E-state index contributed by atoms with van der Waals surface area (Å²) in [5, 5.41) is 3.47. The van der Waals surface area contributed by atoms with Crippen LogP contribution in [0.5, 0.6) is 0 Å². The molecule has 0 aromatic rings. The zero-order valence-corrected chi connectivity index (χ0v) is 10.5. The van der Waals surface area contributed by atoms with Gasteiger partial charge in [-0.05, 0) is 31.2 Å². The van der Waals surface area contributed by atoms with Gasteiger partial charge in [-0.25, -0.2) is 0 Å². The molecule has 1 saturated carbocycles. The first-order valence-corrected chi connectivity index (χ1v) is 6.67. The van der Waals surface area contributed by atoms with E-state index in [9.17, 15) is 4.79 Å². The number of likely N-dealkylation sites (N-methyl/N-ethyl adjacent to an activating group) is 1. The Morgan fingerprint density at radius 3 is 2.69 bits per heavy atom. The topological polar surface area (TPSA) is 32.3 Å². The largest absolute Gasteiger partial charge is 0.344 e. The predicted molar refractivity (Wildman–Crippen MR) is 65.2 cm³/mol. The van der Waals surface area contributed by atoms with Gasteiger partial charge in [0, 0.05) is 13.6 Å². The molecule has 0 aromatic heterocycles. The zero-order chi connectivity index (χ0) is 11.5. The molecular formula is C13H24N2O. The number of rotatable bonds is 3. The molecule has 1 amide bonds. The van der Waals surface area contributed by atoms with E-state index in [-0.39, 0.29) is 11.9 Å². The van der Waals surface area contributed by atoms with Gasteiger partial charge in [0.1, 0.15) is 0 Å². The maximum Gasteiger partial charge on any atom is 0.239 e. The molecule has 0 radical (unpaired) electrons. The second kappa shape index (κ2) is 5.17. The summed E-state index contributed by atoms with van der Waals surface area (Å²) in [6.45, 7) is 4.30. The van der Waals surface area contributed by atoms with Gasteiger partial charge in [0.25, 0.3) is 0 Å². The molecule has 0 spiro atoms. The lowest BCUT2D eigenvalue weighted by Crippen LogP contribution is -2.41. The van der Waals surface area contributed by atoms with Gasteiger partial charge in [0.05, 0.1) is 6.04 Å². The maximum absolute atomic E-state index is 11.7. The number of hydrogen-bond donors (Lipinski definition) is 1. The van der Waals surface area contributed by atoms with Crippen LogP contribution < -0.4 is 5.32 Å². The van der Waals surface area contributed by atoms with Gasteiger partial charge < -0.3 is 10.2 Å². The normalized spacial score (nSPS) is 35.8. The van der Waals surface area contributed by atoms with E-state index >= 15 is 0 Å². The van der Waals surface area contributed by atoms with Gasteiger partial charge >= 0.3 is 0 Å². The van der Waals surface area contributed by atoms with Gasteiger partial charge in [0.15, 0.2) is 0 Å². The average molecular weight is 224 g/mol. The Bertz CT molecular complexity index is 254. The first-order valence-electron chi connectivity index (χ1n) is 6.67. The standard InChI is InChI=1S/C13H24N2O/c1-10-5-3-4-6-11(10)9-14-12-7-8-15(2)13(12)16/h10-12,14H,3-9H2,1-2H3. The molecule has 1 aliphatic heterocycles. The number of nitrogens with zero attached hydrogens (tertiary/aromatic N) is 1. The average Bonchev–Trinajstić information content (AvgIpc) is 2.59. The summed E-state index contributed by atoms with van der Waals surface area (Å²) < 4.78 is 0. The number of nitrogens with one attached hydrogen (secondary N) is 1. The van der Waals surface area contributed by atoms with Gasteiger partial charge in [-0.1, -0.05) is 26.2 Å². The highest BCUT2D eigenvalue weighted by Crippen LogP contribution is 2.29. The van der Waals surface area contributed by atoms with Crippen molar-refractivity contribution in [1.82, 2.24) is 10.2 Å². The van der Waals surface area contributed by atoms with Crippen molar-refractivity contribution in [3.05, 3.63) is 0 Å². The third-order valence-corrected chi connectivity index (χ3v) is 4.34. The van der Waals surface area contributed by atoms with Crippen molar-refractivity contribution >= 4 is 5.91 Å². The first-order chi connectivity index (χ1) is 7.68. The van der Waals surface area contributed by atoms with Crippen molar-refractivity contribution in [1.29, 1.82) is 0 Å². The fraction of sp³-hybridized carbons (Fsp3) is 0.923. The molecule has 3 nitrogen and oxygen atoms in total. The SMILES string of the molecule is CC1CCCCC1CNC1CCN(C)C1=O. The van der Waals surface area contributed by atoms with Crippen LogP contribution in [0.4, 0.5) is 0 Å². The van der Waals surface area contributed by atoms with Crippen molar-refractivity contribution in [2.24, 2.45) is 11.8 Å². The Morgan fingerprint density at radius 1 is 1.31 bits per heavy atom. The molecule has 0 bridgehead atoms. The molecule has 2 fully saturated rings. The van der Waals surface area contributed by atoms with Crippen LogP contribution >= 0.6 is 0 Å². The fourth-order valence-corrected chi connectivity index (χ4v) is 3.00. The first kappa shape index (κ1) is 11.9. The summed E-state index contributed by atoms with van der Waals surface area (Å²) in [5.41, 5.74) is 0. The van der Waals surface area contributed by atoms with Crippen LogP contribution in [0.25, 0.3) is 0 Å². The fourth-order valence-electron chi connectivity index (χ4n) is 3.00. The third kappa shape index (κ3) is 2.57. The smallest absolute Gasteiger partial charge is 0.239 e. The summed E-state index contributed by atoms with van der Waals surface area (Å²) >= 11 is 0. The molecule has 1 saturated heterocycles. The van der Waals surface area contributed by atoms with Gasteiger partial charge in [-0.3, -0.25) is 4.79 Å². The Hall–Kier alpha value is -0.570. The second-order valence-electron chi connectivity index (χ2n) is 5.53. The number of hydrogen-bond acceptors (Lipinski definition) is 2. The molecule has 1 heterocycles. The number of likely N-dealkylation sites (tertiary alicyclic amines) is 1. The van der Waals surface area contributed by atoms with E-state index in [0.29, 0.717) is 0 Å². The van der Waals surface area contributed by atoms with E-state index < -0.39 is 0 Å². The van der Waals surface area contributed by atoms with E-state index in [1.54, 1.807) is 0 Å². The maximum atomic E-state index is 11.7. The van der Waals surface area contributed by atoms with E-state index in [1.807, 2.05) is 11.9 Å². The van der Waals surface area contributed by atoms with Crippen LogP contribution in [0, 0.1) is 11.8 Å². The lowest BCUT2D eigenvalue weighted by Gasteiger charge is -2.29. The molecular weight excluding hydrogens is 200 g/mol. The zero-order valence-electron chi connectivity index (χ0n) is 10.5. The van der Waals surface area contributed by atoms with Crippen LogP contribution in [0.3, 0.4) is 0 Å². The number of amides is 1. The summed E-state index contributed by atoms with van der Waals surface area (Å²) in [4.78, 5) is 13.6. The monoisotopic (exact) mass is 224 g/mol. The molecule has 1 N–H and O–H groups in total. The van der Waals surface area contributed by atoms with E-state index in [4.69, 9.17) is 0 Å². The van der Waals surface area contributed by atoms with Crippen LogP contribution in [0.15, 0.2) is 0 Å².